The van der Waals surface area contributed by atoms with Gasteiger partial charge in [-0.3, -0.25) is 4.79 Å². The van der Waals surface area contributed by atoms with E-state index in [0.29, 0.717) is 28.7 Å². The topological polar surface area (TPSA) is 107 Å². The zero-order chi connectivity index (χ0) is 24.8. The van der Waals surface area contributed by atoms with E-state index in [1.54, 1.807) is 34.6 Å². The summed E-state index contributed by atoms with van der Waals surface area (Å²) in [5.41, 5.74) is 7.30. The number of nitrogens with zero attached hydrogens (tertiary/aromatic N) is 1. The van der Waals surface area contributed by atoms with Gasteiger partial charge in [-0.25, -0.2) is 0 Å². The van der Waals surface area contributed by atoms with E-state index in [-0.39, 0.29) is 17.9 Å². The maximum Gasteiger partial charge on any atom is 0.282 e. The zero-order valence-corrected chi connectivity index (χ0v) is 21.2. The number of rotatable bonds is 10. The molecule has 1 amide bonds. The maximum absolute atomic E-state index is 12.8. The fraction of sp³-hybridized carbons (Fsp3) is 0.360. The van der Waals surface area contributed by atoms with Crippen molar-refractivity contribution in [2.24, 2.45) is 5.92 Å². The number of carbonyl (C=O) groups excluding carboxylic acids is 1. The van der Waals surface area contributed by atoms with Crippen molar-refractivity contribution in [3.8, 4) is 44.6 Å². The van der Waals surface area contributed by atoms with Crippen LogP contribution < -0.4 is 30.0 Å². The Balaban J connectivity index is 2.03. The van der Waals surface area contributed by atoms with Crippen LogP contribution in [0.5, 0.6) is 23.0 Å². The molecule has 0 saturated carbocycles. The van der Waals surface area contributed by atoms with E-state index in [4.69, 9.17) is 18.9 Å². The lowest BCUT2D eigenvalue weighted by atomic mass is 9.99. The second kappa shape index (κ2) is 11.2. The average molecular weight is 487 g/mol. The van der Waals surface area contributed by atoms with E-state index in [0.717, 1.165) is 28.0 Å². The first-order chi connectivity index (χ1) is 16.4. The van der Waals surface area contributed by atoms with Gasteiger partial charge in [0.15, 0.2) is 17.5 Å². The van der Waals surface area contributed by atoms with Gasteiger partial charge in [-0.05, 0) is 47.8 Å². The Hall–Kier alpha value is -3.30. The van der Waals surface area contributed by atoms with Gasteiger partial charge >= 0.3 is 0 Å². The summed E-state index contributed by atoms with van der Waals surface area (Å²) in [6, 6.07) is 9.09. The van der Waals surface area contributed by atoms with E-state index in [9.17, 15) is 4.79 Å². The van der Waals surface area contributed by atoms with Gasteiger partial charge in [0.2, 0.25) is 5.75 Å². The number of ether oxygens (including phenoxy) is 4. The summed E-state index contributed by atoms with van der Waals surface area (Å²) >= 11 is 1.36. The van der Waals surface area contributed by atoms with E-state index in [2.05, 4.69) is 15.4 Å². The van der Waals surface area contributed by atoms with Gasteiger partial charge in [0.25, 0.3) is 5.91 Å². The number of nitrogens with one attached hydrogen (secondary N) is 1. The molecule has 0 aliphatic heterocycles. The van der Waals surface area contributed by atoms with Gasteiger partial charge in [-0.15, -0.1) is 0 Å². The minimum Gasteiger partial charge on any atom is -0.495 e. The highest BCUT2D eigenvalue weighted by molar-refractivity contribution is 7.10. The highest BCUT2D eigenvalue weighted by Crippen LogP contribution is 2.45. The van der Waals surface area contributed by atoms with E-state index in [1.165, 1.54) is 11.5 Å². The predicted molar refractivity (Wildman–Crippen MR) is 134 cm³/mol. The fourth-order valence-corrected chi connectivity index (χ4v) is 4.36. The molecule has 0 spiro atoms. The number of hydrogen-bond acceptors (Lipinski definition) is 7. The van der Waals surface area contributed by atoms with Gasteiger partial charge in [0.05, 0.1) is 39.0 Å². The van der Waals surface area contributed by atoms with Crippen LogP contribution in [0.3, 0.4) is 0 Å². The number of aromatic nitrogens is 1. The van der Waals surface area contributed by atoms with Crippen molar-refractivity contribution in [1.29, 1.82) is 0 Å². The lowest BCUT2D eigenvalue weighted by molar-refractivity contribution is -0.414. The van der Waals surface area contributed by atoms with Crippen molar-refractivity contribution in [2.45, 2.75) is 26.3 Å². The SMILES string of the molecule is CCC(C)[C@@H]([NH3+])C(=O)Nc1cc(-c2cnsc2-c2cc(OC)c(OC)c(OC)c2)ccc1OC. The van der Waals surface area contributed by atoms with Crippen LogP contribution in [0.1, 0.15) is 20.3 Å². The van der Waals surface area contributed by atoms with Crippen molar-refractivity contribution in [2.75, 3.05) is 33.8 Å². The van der Waals surface area contributed by atoms with Crippen LogP contribution in [0, 0.1) is 5.92 Å². The number of methoxy groups -OCH3 is 4. The molecule has 34 heavy (non-hydrogen) atoms. The highest BCUT2D eigenvalue weighted by Gasteiger charge is 2.25. The summed E-state index contributed by atoms with van der Waals surface area (Å²) in [7, 11) is 6.32. The predicted octanol–water partition coefficient (Wildman–Crippen LogP) is 4.11. The van der Waals surface area contributed by atoms with Gasteiger partial charge in [-0.2, -0.15) is 4.37 Å². The summed E-state index contributed by atoms with van der Waals surface area (Å²) in [5.74, 6) is 2.25. The van der Waals surface area contributed by atoms with Crippen LogP contribution >= 0.6 is 11.5 Å². The molecular weight excluding hydrogens is 454 g/mol. The number of quaternary nitrogens is 1. The number of amides is 1. The second-order valence-electron chi connectivity index (χ2n) is 7.88. The van der Waals surface area contributed by atoms with E-state index < -0.39 is 0 Å². The molecule has 1 unspecified atom stereocenters. The summed E-state index contributed by atoms with van der Waals surface area (Å²) in [4.78, 5) is 13.7. The third kappa shape index (κ3) is 5.10. The quantitative estimate of drug-likeness (QED) is 0.447. The number of anilines is 1. The molecule has 8 nitrogen and oxygen atoms in total. The largest absolute Gasteiger partial charge is 0.495 e. The molecule has 0 radical (unpaired) electrons. The first kappa shape index (κ1) is 25.3. The van der Waals surface area contributed by atoms with Crippen molar-refractivity contribution >= 4 is 23.1 Å². The lowest BCUT2D eigenvalue weighted by Gasteiger charge is -2.17. The van der Waals surface area contributed by atoms with E-state index >= 15 is 0 Å². The van der Waals surface area contributed by atoms with Crippen molar-refractivity contribution in [3.05, 3.63) is 36.5 Å². The van der Waals surface area contributed by atoms with Crippen LogP contribution in [0.15, 0.2) is 36.5 Å². The van der Waals surface area contributed by atoms with Gasteiger partial charge < -0.3 is 30.0 Å². The molecule has 0 bridgehead atoms. The third-order valence-corrected chi connectivity index (χ3v) is 6.78. The minimum absolute atomic E-state index is 0.141. The lowest BCUT2D eigenvalue weighted by Crippen LogP contribution is -2.69. The van der Waals surface area contributed by atoms with Gasteiger partial charge in [0, 0.05) is 23.2 Å². The summed E-state index contributed by atoms with van der Waals surface area (Å²) in [6.45, 7) is 4.07. The highest BCUT2D eigenvalue weighted by atomic mass is 32.1. The van der Waals surface area contributed by atoms with Crippen LogP contribution in [-0.4, -0.2) is 44.8 Å². The Kier molecular flexibility index (Phi) is 8.36. The van der Waals surface area contributed by atoms with Crippen molar-refractivity contribution < 1.29 is 29.5 Å². The molecular formula is C25H32N3O5S+. The van der Waals surface area contributed by atoms with Gasteiger partial charge in [0.1, 0.15) is 5.75 Å². The molecule has 2 aromatic carbocycles. The molecule has 1 heterocycles. The maximum atomic E-state index is 12.8. The van der Waals surface area contributed by atoms with Crippen molar-refractivity contribution in [3.63, 3.8) is 0 Å². The second-order valence-corrected chi connectivity index (χ2v) is 8.68. The molecule has 182 valence electrons. The normalized spacial score (nSPS) is 12.6. The Morgan fingerprint density at radius 2 is 1.65 bits per heavy atom. The monoisotopic (exact) mass is 486 g/mol. The molecule has 1 aromatic heterocycles. The first-order valence-electron chi connectivity index (χ1n) is 11.0. The smallest absolute Gasteiger partial charge is 0.282 e. The molecule has 3 aromatic rings. The minimum atomic E-state index is -0.365. The van der Waals surface area contributed by atoms with Crippen molar-refractivity contribution in [1.82, 2.24) is 4.37 Å². The zero-order valence-electron chi connectivity index (χ0n) is 20.4. The van der Waals surface area contributed by atoms with Crippen LogP contribution in [0.2, 0.25) is 0 Å². The van der Waals surface area contributed by atoms with Gasteiger partial charge in [-0.1, -0.05) is 19.9 Å². The molecule has 0 aliphatic carbocycles. The Morgan fingerprint density at radius 1 is 1.00 bits per heavy atom. The molecule has 4 N–H and O–H groups in total. The molecule has 0 aliphatic rings. The number of carbonyl (C=O) groups is 1. The number of hydrogen-bond donors (Lipinski definition) is 2. The van der Waals surface area contributed by atoms with Crippen LogP contribution in [-0.2, 0) is 4.79 Å². The molecule has 9 heteroatoms. The molecule has 0 saturated heterocycles. The Labute approximate surface area is 204 Å². The first-order valence-corrected chi connectivity index (χ1v) is 11.7. The molecule has 2 atom stereocenters. The van der Waals surface area contributed by atoms with E-state index in [1.807, 2.05) is 44.2 Å². The average Bonchev–Trinajstić information content (AvgIpc) is 3.36. The van der Waals surface area contributed by atoms with Crippen LogP contribution in [0.4, 0.5) is 5.69 Å². The summed E-state index contributed by atoms with van der Waals surface area (Å²) < 4.78 is 26.4. The molecule has 0 fully saturated rings. The summed E-state index contributed by atoms with van der Waals surface area (Å²) in [6.07, 6.45) is 2.68. The standard InChI is InChI=1S/C25H31N3O5S/c1-7-14(2)22(26)25(29)28-18-10-15(8-9-19(18)30-3)17-13-27-34-24(17)16-11-20(31-4)23(33-6)21(12-16)32-5/h8-14,22H,7,26H2,1-6H3,(H,28,29)/p+1/t14?,22-/m1/s1. The number of benzene rings is 2. The summed E-state index contributed by atoms with van der Waals surface area (Å²) in [5, 5.41) is 2.99. The van der Waals surface area contributed by atoms with Crippen LogP contribution in [0.25, 0.3) is 21.6 Å². The molecule has 3 rings (SSSR count). The Bertz CT molecular complexity index is 1120. The third-order valence-electron chi connectivity index (χ3n) is 5.93. The Morgan fingerprint density at radius 3 is 2.21 bits per heavy atom. The fourth-order valence-electron chi connectivity index (χ4n) is 3.61.